The van der Waals surface area contributed by atoms with E-state index < -0.39 is 6.29 Å². The highest BCUT2D eigenvalue weighted by Crippen LogP contribution is 2.47. The molecule has 2 aliphatic heterocycles. The fraction of sp³-hybridized carbons (Fsp3) is 0.286. The first-order valence-corrected chi connectivity index (χ1v) is 17.7. The van der Waals surface area contributed by atoms with Crippen molar-refractivity contribution in [2.75, 3.05) is 42.9 Å². The van der Waals surface area contributed by atoms with Crippen molar-refractivity contribution in [3.05, 3.63) is 155 Å². The number of aromatic nitrogens is 2. The van der Waals surface area contributed by atoms with Gasteiger partial charge < -0.3 is 24.8 Å². The first-order valence-electron chi connectivity index (χ1n) is 17.7. The summed E-state index contributed by atoms with van der Waals surface area (Å²) in [4.78, 5) is 38.3. The SMILES string of the molecule is CC(=O)c1cccc(NC(=O)Cc2ccc(C3OC(CN4CCN(c5ncccn5)CC4)C(c4ccccc4)C(c4ccc(CO)cc4)O3)cc2)c1. The average molecular weight is 698 g/mol. The van der Waals surface area contributed by atoms with Crippen LogP contribution in [0.15, 0.2) is 122 Å². The molecule has 0 radical (unpaired) electrons. The van der Waals surface area contributed by atoms with Crippen molar-refractivity contribution in [2.24, 2.45) is 0 Å². The molecular formula is C42H43N5O5. The molecule has 5 aromatic rings. The summed E-state index contributed by atoms with van der Waals surface area (Å²) in [5.74, 6) is 0.426. The zero-order valence-corrected chi connectivity index (χ0v) is 29.2. The van der Waals surface area contributed by atoms with Gasteiger partial charge in [0.15, 0.2) is 12.1 Å². The predicted molar refractivity (Wildman–Crippen MR) is 199 cm³/mol. The first-order chi connectivity index (χ1) is 25.4. The van der Waals surface area contributed by atoms with Crippen molar-refractivity contribution in [3.63, 3.8) is 0 Å². The predicted octanol–water partition coefficient (Wildman–Crippen LogP) is 6.11. The fourth-order valence-corrected chi connectivity index (χ4v) is 7.00. The maximum Gasteiger partial charge on any atom is 0.228 e. The molecule has 4 aromatic carbocycles. The Balaban J connectivity index is 1.12. The second kappa shape index (κ2) is 16.4. The number of aliphatic hydroxyl groups is 1. The zero-order chi connectivity index (χ0) is 35.9. The summed E-state index contributed by atoms with van der Waals surface area (Å²) in [7, 11) is 0. The molecule has 4 unspecified atom stereocenters. The number of ketones is 1. The van der Waals surface area contributed by atoms with Gasteiger partial charge in [0, 0.05) is 67.8 Å². The number of Topliss-reactive ketones (excluding diaryl/α,β-unsaturated/α-hetero) is 1. The summed E-state index contributed by atoms with van der Waals surface area (Å²) in [6, 6.07) is 35.0. The maximum atomic E-state index is 12.9. The number of rotatable bonds is 11. The largest absolute Gasteiger partial charge is 0.392 e. The van der Waals surface area contributed by atoms with Gasteiger partial charge in [-0.2, -0.15) is 0 Å². The number of hydrogen-bond donors (Lipinski definition) is 2. The number of nitrogens with one attached hydrogen (secondary N) is 1. The Morgan fingerprint density at radius 1 is 0.769 bits per heavy atom. The van der Waals surface area contributed by atoms with E-state index in [2.05, 4.69) is 49.4 Å². The van der Waals surface area contributed by atoms with Gasteiger partial charge in [-0.25, -0.2) is 9.97 Å². The van der Waals surface area contributed by atoms with Gasteiger partial charge >= 0.3 is 0 Å². The van der Waals surface area contributed by atoms with E-state index in [0.29, 0.717) is 17.8 Å². The molecule has 10 nitrogen and oxygen atoms in total. The van der Waals surface area contributed by atoms with Crippen molar-refractivity contribution in [1.29, 1.82) is 0 Å². The van der Waals surface area contributed by atoms with Crippen LogP contribution in [0.5, 0.6) is 0 Å². The lowest BCUT2D eigenvalue weighted by atomic mass is 9.83. The number of carbonyl (C=O) groups is 2. The third-order valence-electron chi connectivity index (χ3n) is 9.79. The number of carbonyl (C=O) groups excluding carboxylic acids is 2. The van der Waals surface area contributed by atoms with Gasteiger partial charge in [-0.1, -0.05) is 91.0 Å². The van der Waals surface area contributed by atoms with E-state index in [4.69, 9.17) is 9.47 Å². The molecule has 52 heavy (non-hydrogen) atoms. The topological polar surface area (TPSA) is 117 Å². The molecule has 2 saturated heterocycles. The van der Waals surface area contributed by atoms with Crippen LogP contribution in [0.3, 0.4) is 0 Å². The van der Waals surface area contributed by atoms with E-state index in [1.807, 2.05) is 60.7 Å². The van der Waals surface area contributed by atoms with E-state index in [9.17, 15) is 14.7 Å². The van der Waals surface area contributed by atoms with Crippen LogP contribution in [0.4, 0.5) is 11.6 Å². The van der Waals surface area contributed by atoms with Crippen molar-refractivity contribution in [3.8, 4) is 0 Å². The van der Waals surface area contributed by atoms with Gasteiger partial charge in [-0.05, 0) is 47.4 Å². The Kier molecular flexibility index (Phi) is 11.1. The van der Waals surface area contributed by atoms with Gasteiger partial charge in [0.05, 0.1) is 25.2 Å². The minimum Gasteiger partial charge on any atom is -0.392 e. The number of ether oxygens (including phenoxy) is 2. The number of amides is 1. The molecule has 2 fully saturated rings. The monoisotopic (exact) mass is 697 g/mol. The maximum absolute atomic E-state index is 12.9. The summed E-state index contributed by atoms with van der Waals surface area (Å²) >= 11 is 0. The molecular weight excluding hydrogens is 654 g/mol. The molecule has 3 heterocycles. The summed E-state index contributed by atoms with van der Waals surface area (Å²) in [6.07, 6.45) is 2.55. The Bertz CT molecular complexity index is 1930. The van der Waals surface area contributed by atoms with Crippen LogP contribution in [-0.2, 0) is 27.3 Å². The Morgan fingerprint density at radius 3 is 2.15 bits per heavy atom. The lowest BCUT2D eigenvalue weighted by molar-refractivity contribution is -0.263. The van der Waals surface area contributed by atoms with E-state index in [-0.39, 0.29) is 42.8 Å². The quantitative estimate of drug-likeness (QED) is 0.158. The van der Waals surface area contributed by atoms with E-state index in [1.54, 1.807) is 36.7 Å². The molecule has 7 rings (SSSR count). The van der Waals surface area contributed by atoms with Crippen LogP contribution >= 0.6 is 0 Å². The molecule has 0 spiro atoms. The number of aliphatic hydroxyl groups excluding tert-OH is 1. The van der Waals surface area contributed by atoms with Gasteiger partial charge in [0.1, 0.15) is 0 Å². The normalized spacial score (nSPS) is 20.7. The number of hydrogen-bond acceptors (Lipinski definition) is 9. The Labute approximate surface area is 304 Å². The van der Waals surface area contributed by atoms with Crippen molar-refractivity contribution in [1.82, 2.24) is 14.9 Å². The van der Waals surface area contributed by atoms with Gasteiger partial charge in [0.2, 0.25) is 11.9 Å². The Morgan fingerprint density at radius 2 is 1.46 bits per heavy atom. The summed E-state index contributed by atoms with van der Waals surface area (Å²) in [6.45, 7) is 5.50. The Hall–Kier alpha value is -5.26. The fourth-order valence-electron chi connectivity index (χ4n) is 7.00. The number of benzene rings is 4. The van der Waals surface area contributed by atoms with Gasteiger partial charge in [0.25, 0.3) is 0 Å². The molecule has 10 heteroatoms. The van der Waals surface area contributed by atoms with E-state index in [1.165, 1.54) is 6.92 Å². The van der Waals surface area contributed by atoms with Crippen LogP contribution < -0.4 is 10.2 Å². The summed E-state index contributed by atoms with van der Waals surface area (Å²) in [5, 5.41) is 12.7. The molecule has 0 saturated carbocycles. The van der Waals surface area contributed by atoms with Gasteiger partial charge in [-0.3, -0.25) is 14.5 Å². The van der Waals surface area contributed by atoms with Gasteiger partial charge in [-0.15, -0.1) is 0 Å². The van der Waals surface area contributed by atoms with Crippen LogP contribution in [0.1, 0.15) is 63.4 Å². The van der Waals surface area contributed by atoms with Crippen molar-refractivity contribution < 1.29 is 24.2 Å². The second-order valence-electron chi connectivity index (χ2n) is 13.3. The number of nitrogens with zero attached hydrogens (tertiary/aromatic N) is 4. The minimum absolute atomic E-state index is 0.0303. The molecule has 266 valence electrons. The molecule has 2 N–H and O–H groups in total. The molecule has 0 bridgehead atoms. The van der Waals surface area contributed by atoms with E-state index in [0.717, 1.165) is 59.9 Å². The summed E-state index contributed by atoms with van der Waals surface area (Å²) in [5.41, 5.74) is 5.82. The molecule has 1 aromatic heterocycles. The standard InChI is InChI=1S/C42H43N5O5/c1-29(49)35-9-5-10-36(26-35)45-38(50)25-30-11-17-34(18-12-30)41-51-37(27-46-21-23-47(24-22-46)42-43-19-6-20-44-42)39(32-7-3-2-4-8-32)40(52-41)33-15-13-31(28-48)14-16-33/h2-20,26,37,39-41,48H,21-25,27-28H2,1H3,(H,45,50). The highest BCUT2D eigenvalue weighted by molar-refractivity contribution is 5.97. The van der Waals surface area contributed by atoms with Crippen LogP contribution in [0, 0.1) is 0 Å². The first kappa shape index (κ1) is 35.2. The van der Waals surface area contributed by atoms with Crippen LogP contribution in [0.2, 0.25) is 0 Å². The molecule has 2 aliphatic rings. The highest BCUT2D eigenvalue weighted by atomic mass is 16.7. The molecule has 1 amide bonds. The molecule has 4 atom stereocenters. The lowest BCUT2D eigenvalue weighted by Gasteiger charge is -2.45. The molecule has 0 aliphatic carbocycles. The highest BCUT2D eigenvalue weighted by Gasteiger charge is 2.42. The third kappa shape index (κ3) is 8.43. The van der Waals surface area contributed by atoms with Crippen LogP contribution in [-0.4, -0.2) is 70.5 Å². The van der Waals surface area contributed by atoms with Crippen molar-refractivity contribution in [2.45, 2.75) is 44.4 Å². The van der Waals surface area contributed by atoms with E-state index >= 15 is 0 Å². The lowest BCUT2D eigenvalue weighted by Crippen LogP contribution is -2.51. The third-order valence-corrected chi connectivity index (χ3v) is 9.79. The zero-order valence-electron chi connectivity index (χ0n) is 29.2. The van der Waals surface area contributed by atoms with Crippen LogP contribution in [0.25, 0.3) is 0 Å². The smallest absolute Gasteiger partial charge is 0.228 e. The summed E-state index contributed by atoms with van der Waals surface area (Å²) < 4.78 is 13.8. The van der Waals surface area contributed by atoms with Crippen molar-refractivity contribution >= 4 is 23.3 Å². The minimum atomic E-state index is -0.649. The second-order valence-corrected chi connectivity index (χ2v) is 13.3. The number of piperazine rings is 1. The average Bonchev–Trinajstić information content (AvgIpc) is 3.19. The number of anilines is 2.